The fraction of sp³-hybridized carbons (Fsp3) is 0.167. The normalized spacial score (nSPS) is 11.2. The Balaban J connectivity index is 1.94. The third kappa shape index (κ3) is 4.59. The highest BCUT2D eigenvalue weighted by atomic mass is 16.5. The van der Waals surface area contributed by atoms with Gasteiger partial charge in [0, 0.05) is 17.7 Å². The number of benzene rings is 3. The van der Waals surface area contributed by atoms with Crippen LogP contribution in [0.5, 0.6) is 0 Å². The first kappa shape index (κ1) is 17.0. The molecule has 0 atom stereocenters. The second-order valence-corrected chi connectivity index (χ2v) is 5.75. The third-order valence-corrected chi connectivity index (χ3v) is 4.02. The predicted molar refractivity (Wildman–Crippen MR) is 106 cm³/mol. The van der Waals surface area contributed by atoms with Crippen molar-refractivity contribution >= 4 is 16.3 Å². The molecule has 0 amide bonds. The Kier molecular flexibility index (Phi) is 6.04. The molecule has 1 heteroatoms. The molecule has 3 rings (SSSR count). The number of ether oxygens (including phenoxy) is 1. The highest BCUT2D eigenvalue weighted by molar-refractivity contribution is 5.89. The van der Waals surface area contributed by atoms with E-state index in [-0.39, 0.29) is 0 Å². The van der Waals surface area contributed by atoms with Crippen molar-refractivity contribution in [2.45, 2.75) is 13.3 Å². The Bertz CT molecular complexity index is 905. The van der Waals surface area contributed by atoms with Gasteiger partial charge in [-0.2, -0.15) is 0 Å². The zero-order valence-electron chi connectivity index (χ0n) is 14.5. The average Bonchev–Trinajstić information content (AvgIpc) is 2.68. The van der Waals surface area contributed by atoms with Gasteiger partial charge in [-0.25, -0.2) is 0 Å². The molecule has 3 aromatic rings. The van der Waals surface area contributed by atoms with Gasteiger partial charge >= 0.3 is 0 Å². The molecule has 0 radical (unpaired) electrons. The van der Waals surface area contributed by atoms with Crippen LogP contribution in [0.2, 0.25) is 0 Å². The van der Waals surface area contributed by atoms with E-state index in [4.69, 9.17) is 4.74 Å². The van der Waals surface area contributed by atoms with Crippen LogP contribution in [0.3, 0.4) is 0 Å². The molecule has 0 unspecified atom stereocenters. The second kappa shape index (κ2) is 8.87. The Labute approximate surface area is 150 Å². The standard InChI is InChI=1S/C24H22O/c1-2-25-19-9-15-21(20-10-4-3-5-11-20)17-18-23-14-8-13-22-12-6-7-16-24(22)23/h3-8,10-16H,2,9,19H2,1H3/b21-15+. The molecule has 3 aromatic carbocycles. The molecule has 0 aliphatic rings. The number of hydrogen-bond acceptors (Lipinski definition) is 1. The van der Waals surface area contributed by atoms with Gasteiger partial charge in [-0.15, -0.1) is 0 Å². The first-order valence-corrected chi connectivity index (χ1v) is 8.71. The van der Waals surface area contributed by atoms with Crippen LogP contribution < -0.4 is 0 Å². The summed E-state index contributed by atoms with van der Waals surface area (Å²) in [6.07, 6.45) is 3.03. The lowest BCUT2D eigenvalue weighted by molar-refractivity contribution is 0.152. The third-order valence-electron chi connectivity index (χ3n) is 4.02. The van der Waals surface area contributed by atoms with Crippen molar-refractivity contribution < 1.29 is 4.74 Å². The molecule has 0 saturated carbocycles. The molecule has 25 heavy (non-hydrogen) atoms. The molecule has 0 aliphatic heterocycles. The highest BCUT2D eigenvalue weighted by Crippen LogP contribution is 2.19. The van der Waals surface area contributed by atoms with Gasteiger partial charge in [-0.3, -0.25) is 0 Å². The summed E-state index contributed by atoms with van der Waals surface area (Å²) >= 11 is 0. The minimum absolute atomic E-state index is 0.725. The monoisotopic (exact) mass is 326 g/mol. The van der Waals surface area contributed by atoms with E-state index in [0.29, 0.717) is 0 Å². The van der Waals surface area contributed by atoms with Gasteiger partial charge in [0.1, 0.15) is 0 Å². The fourth-order valence-corrected chi connectivity index (χ4v) is 2.76. The molecule has 0 spiro atoms. The zero-order valence-corrected chi connectivity index (χ0v) is 14.5. The van der Waals surface area contributed by atoms with Crippen LogP contribution in [0.25, 0.3) is 16.3 Å². The van der Waals surface area contributed by atoms with Gasteiger partial charge in [0.25, 0.3) is 0 Å². The van der Waals surface area contributed by atoms with Crippen molar-refractivity contribution in [3.8, 4) is 11.8 Å². The maximum Gasteiger partial charge on any atom is 0.0500 e. The molecular formula is C24H22O. The SMILES string of the molecule is CCOCC/C=C(\C#Cc1cccc2ccccc12)c1ccccc1. The van der Waals surface area contributed by atoms with E-state index in [2.05, 4.69) is 72.5 Å². The Morgan fingerprint density at radius 3 is 2.52 bits per heavy atom. The lowest BCUT2D eigenvalue weighted by atomic mass is 10.0. The van der Waals surface area contributed by atoms with Crippen LogP contribution in [-0.2, 0) is 4.74 Å². The summed E-state index contributed by atoms with van der Waals surface area (Å²) in [7, 11) is 0. The minimum atomic E-state index is 0.725. The molecule has 0 N–H and O–H groups in total. The molecule has 0 bridgehead atoms. The Morgan fingerprint density at radius 1 is 0.920 bits per heavy atom. The number of allylic oxidation sites excluding steroid dienone is 1. The van der Waals surface area contributed by atoms with E-state index in [1.54, 1.807) is 0 Å². The summed E-state index contributed by atoms with van der Waals surface area (Å²) in [6, 6.07) is 25.0. The maximum absolute atomic E-state index is 5.45. The van der Waals surface area contributed by atoms with Crippen molar-refractivity contribution in [3.05, 3.63) is 90.0 Å². The largest absolute Gasteiger partial charge is 0.381 e. The topological polar surface area (TPSA) is 9.23 Å². The van der Waals surface area contributed by atoms with Gasteiger partial charge in [-0.05, 0) is 35.7 Å². The molecule has 0 heterocycles. The summed E-state index contributed by atoms with van der Waals surface area (Å²) < 4.78 is 5.45. The van der Waals surface area contributed by atoms with Crippen LogP contribution in [0.15, 0.2) is 78.9 Å². The van der Waals surface area contributed by atoms with Crippen molar-refractivity contribution in [2.24, 2.45) is 0 Å². The Morgan fingerprint density at radius 2 is 1.68 bits per heavy atom. The summed E-state index contributed by atoms with van der Waals surface area (Å²) in [5.41, 5.74) is 3.25. The van der Waals surface area contributed by atoms with Crippen molar-refractivity contribution in [1.29, 1.82) is 0 Å². The summed E-state index contributed by atoms with van der Waals surface area (Å²) in [4.78, 5) is 0. The van der Waals surface area contributed by atoms with Gasteiger partial charge in [0.2, 0.25) is 0 Å². The molecule has 0 aromatic heterocycles. The first-order chi connectivity index (χ1) is 12.4. The van der Waals surface area contributed by atoms with E-state index in [0.717, 1.165) is 36.3 Å². The summed E-state index contributed by atoms with van der Waals surface area (Å²) in [6.45, 7) is 3.49. The van der Waals surface area contributed by atoms with Crippen LogP contribution in [-0.4, -0.2) is 13.2 Å². The summed E-state index contributed by atoms with van der Waals surface area (Å²) in [5, 5.41) is 2.41. The van der Waals surface area contributed by atoms with Gasteiger partial charge < -0.3 is 4.74 Å². The van der Waals surface area contributed by atoms with Crippen molar-refractivity contribution in [3.63, 3.8) is 0 Å². The summed E-state index contributed by atoms with van der Waals surface area (Å²) in [5.74, 6) is 6.74. The van der Waals surface area contributed by atoms with E-state index in [1.165, 1.54) is 10.8 Å². The minimum Gasteiger partial charge on any atom is -0.381 e. The Hall–Kier alpha value is -2.82. The average molecular weight is 326 g/mol. The number of hydrogen-bond donors (Lipinski definition) is 0. The molecule has 1 nitrogen and oxygen atoms in total. The van der Waals surface area contributed by atoms with Crippen LogP contribution in [0.4, 0.5) is 0 Å². The maximum atomic E-state index is 5.45. The van der Waals surface area contributed by atoms with Crippen LogP contribution in [0, 0.1) is 11.8 Å². The molecule has 0 saturated heterocycles. The lowest BCUT2D eigenvalue weighted by Gasteiger charge is -2.02. The van der Waals surface area contributed by atoms with E-state index >= 15 is 0 Å². The zero-order chi connectivity index (χ0) is 17.3. The van der Waals surface area contributed by atoms with E-state index in [9.17, 15) is 0 Å². The van der Waals surface area contributed by atoms with Crippen molar-refractivity contribution in [1.82, 2.24) is 0 Å². The smallest absolute Gasteiger partial charge is 0.0500 e. The van der Waals surface area contributed by atoms with Gasteiger partial charge in [0.05, 0.1) is 6.61 Å². The van der Waals surface area contributed by atoms with Gasteiger partial charge in [-0.1, -0.05) is 84.6 Å². The fourth-order valence-electron chi connectivity index (χ4n) is 2.76. The van der Waals surface area contributed by atoms with Crippen molar-refractivity contribution in [2.75, 3.05) is 13.2 Å². The van der Waals surface area contributed by atoms with E-state index in [1.807, 2.05) is 25.1 Å². The lowest BCUT2D eigenvalue weighted by Crippen LogP contribution is -1.92. The van der Waals surface area contributed by atoms with E-state index < -0.39 is 0 Å². The molecule has 0 aliphatic carbocycles. The predicted octanol–water partition coefficient (Wildman–Crippen LogP) is 5.70. The van der Waals surface area contributed by atoms with Crippen LogP contribution >= 0.6 is 0 Å². The first-order valence-electron chi connectivity index (χ1n) is 8.71. The number of fused-ring (bicyclic) bond motifs is 1. The molecular weight excluding hydrogens is 304 g/mol. The quantitative estimate of drug-likeness (QED) is 0.431. The second-order valence-electron chi connectivity index (χ2n) is 5.75. The number of rotatable bonds is 5. The van der Waals surface area contributed by atoms with Gasteiger partial charge in [0.15, 0.2) is 0 Å². The van der Waals surface area contributed by atoms with Crippen LogP contribution in [0.1, 0.15) is 24.5 Å². The molecule has 0 fully saturated rings. The highest BCUT2D eigenvalue weighted by Gasteiger charge is 1.99. The molecule has 124 valence electrons.